The molecule has 2 heterocycles. The summed E-state index contributed by atoms with van der Waals surface area (Å²) >= 11 is 1.46. The van der Waals surface area contributed by atoms with Crippen LogP contribution in [0.2, 0.25) is 0 Å². The van der Waals surface area contributed by atoms with E-state index in [4.69, 9.17) is 4.42 Å². The third-order valence-electron chi connectivity index (χ3n) is 3.25. The summed E-state index contributed by atoms with van der Waals surface area (Å²) in [6, 6.07) is 7.20. The van der Waals surface area contributed by atoms with E-state index in [9.17, 15) is 9.18 Å². The van der Waals surface area contributed by atoms with Crippen LogP contribution in [0, 0.1) is 12.7 Å². The third-order valence-corrected chi connectivity index (χ3v) is 4.29. The van der Waals surface area contributed by atoms with E-state index in [0.29, 0.717) is 29.5 Å². The molecule has 0 saturated heterocycles. The lowest BCUT2D eigenvalue weighted by atomic mass is 10.2. The van der Waals surface area contributed by atoms with Crippen molar-refractivity contribution in [3.05, 3.63) is 52.5 Å². The predicted octanol–water partition coefficient (Wildman–Crippen LogP) is 4.06. The molecule has 2 aromatic heterocycles. The van der Waals surface area contributed by atoms with Crippen molar-refractivity contribution in [2.75, 3.05) is 5.32 Å². The average Bonchev–Trinajstić information content (AvgIpc) is 3.15. The molecule has 0 unspecified atom stereocenters. The number of amides is 1. The van der Waals surface area contributed by atoms with Crippen molar-refractivity contribution in [1.82, 2.24) is 10.2 Å². The van der Waals surface area contributed by atoms with Gasteiger partial charge in [0, 0.05) is 16.9 Å². The Morgan fingerprint density at radius 3 is 2.70 bits per heavy atom. The maximum atomic E-state index is 12.9. The first-order valence-electron chi connectivity index (χ1n) is 7.07. The van der Waals surface area contributed by atoms with Gasteiger partial charge in [-0.05, 0) is 37.3 Å². The molecular formula is C16H14FN3O2S. The molecule has 0 fully saturated rings. The molecule has 0 spiro atoms. The maximum Gasteiger partial charge on any atom is 0.257 e. The Labute approximate surface area is 136 Å². The van der Waals surface area contributed by atoms with Gasteiger partial charge in [0.15, 0.2) is 0 Å². The zero-order chi connectivity index (χ0) is 16.4. The maximum absolute atomic E-state index is 12.9. The first kappa shape index (κ1) is 15.4. The number of carbonyl (C=O) groups excluding carboxylic acids is 1. The van der Waals surface area contributed by atoms with Gasteiger partial charge in [-0.15, -0.1) is 21.5 Å². The van der Waals surface area contributed by atoms with Gasteiger partial charge >= 0.3 is 0 Å². The second-order valence-electron chi connectivity index (χ2n) is 4.90. The van der Waals surface area contributed by atoms with Gasteiger partial charge in [-0.3, -0.25) is 4.79 Å². The minimum absolute atomic E-state index is 0.294. The van der Waals surface area contributed by atoms with E-state index in [0.717, 1.165) is 9.75 Å². The molecule has 3 aromatic rings. The number of rotatable bonds is 4. The number of halogens is 1. The van der Waals surface area contributed by atoms with E-state index in [1.807, 2.05) is 13.8 Å². The zero-order valence-corrected chi connectivity index (χ0v) is 13.4. The second kappa shape index (κ2) is 6.29. The third kappa shape index (κ3) is 3.29. The van der Waals surface area contributed by atoms with Crippen LogP contribution in [0.5, 0.6) is 0 Å². The van der Waals surface area contributed by atoms with Gasteiger partial charge in [0.2, 0.25) is 5.89 Å². The Kier molecular flexibility index (Phi) is 4.20. The lowest BCUT2D eigenvalue weighted by molar-refractivity contribution is 0.102. The smallest absolute Gasteiger partial charge is 0.257 e. The monoisotopic (exact) mass is 331 g/mol. The lowest BCUT2D eigenvalue weighted by Gasteiger charge is -2.04. The highest BCUT2D eigenvalue weighted by Gasteiger charge is 2.15. The van der Waals surface area contributed by atoms with E-state index in [-0.39, 0.29) is 11.7 Å². The second-order valence-corrected chi connectivity index (χ2v) is 6.15. The molecule has 5 nitrogen and oxygen atoms in total. The van der Waals surface area contributed by atoms with Crippen molar-refractivity contribution in [3.8, 4) is 10.8 Å². The minimum atomic E-state index is -0.376. The standard InChI is InChI=1S/C16H14FN3O2S/c1-3-14-19-20-16(22-14)13-8-12(9(2)23-13)18-15(21)10-4-6-11(17)7-5-10/h4-8H,3H2,1-2H3,(H,18,21). The first-order valence-corrected chi connectivity index (χ1v) is 7.88. The minimum Gasteiger partial charge on any atom is -0.420 e. The van der Waals surface area contributed by atoms with Crippen molar-refractivity contribution in [2.24, 2.45) is 0 Å². The van der Waals surface area contributed by atoms with Gasteiger partial charge in [0.25, 0.3) is 11.8 Å². The summed E-state index contributed by atoms with van der Waals surface area (Å²) < 4.78 is 18.4. The van der Waals surface area contributed by atoms with Gasteiger partial charge in [0.05, 0.1) is 10.6 Å². The number of aryl methyl sites for hydroxylation is 2. The van der Waals surface area contributed by atoms with E-state index < -0.39 is 0 Å². The highest BCUT2D eigenvalue weighted by molar-refractivity contribution is 7.15. The van der Waals surface area contributed by atoms with Gasteiger partial charge in [-0.1, -0.05) is 6.92 Å². The summed E-state index contributed by atoms with van der Waals surface area (Å²) in [4.78, 5) is 13.9. The van der Waals surface area contributed by atoms with Crippen molar-refractivity contribution in [3.63, 3.8) is 0 Å². The normalized spacial score (nSPS) is 10.7. The highest BCUT2D eigenvalue weighted by atomic mass is 32.1. The molecule has 0 bridgehead atoms. The molecule has 3 rings (SSSR count). The molecule has 23 heavy (non-hydrogen) atoms. The molecule has 0 saturated carbocycles. The molecule has 1 N–H and O–H groups in total. The van der Waals surface area contributed by atoms with E-state index >= 15 is 0 Å². The van der Waals surface area contributed by atoms with Crippen molar-refractivity contribution in [2.45, 2.75) is 20.3 Å². The van der Waals surface area contributed by atoms with E-state index in [1.165, 1.54) is 35.6 Å². The summed E-state index contributed by atoms with van der Waals surface area (Å²) in [5.41, 5.74) is 1.07. The molecular weight excluding hydrogens is 317 g/mol. The van der Waals surface area contributed by atoms with Crippen molar-refractivity contribution < 1.29 is 13.6 Å². The number of carbonyl (C=O) groups is 1. The summed E-state index contributed by atoms with van der Waals surface area (Å²) in [6.45, 7) is 3.83. The molecule has 1 amide bonds. The number of hydrogen-bond acceptors (Lipinski definition) is 5. The van der Waals surface area contributed by atoms with E-state index in [2.05, 4.69) is 15.5 Å². The van der Waals surface area contributed by atoms with Crippen LogP contribution in [-0.4, -0.2) is 16.1 Å². The Bertz CT molecular complexity index is 839. The molecule has 0 atom stereocenters. The summed E-state index contributed by atoms with van der Waals surface area (Å²) in [5, 5.41) is 10.7. The molecule has 118 valence electrons. The quantitative estimate of drug-likeness (QED) is 0.783. The van der Waals surface area contributed by atoms with Crippen LogP contribution in [-0.2, 0) is 6.42 Å². The average molecular weight is 331 g/mol. The first-order chi connectivity index (χ1) is 11.1. The Balaban J connectivity index is 1.81. The number of thiophene rings is 1. The molecule has 0 aliphatic heterocycles. The molecule has 0 radical (unpaired) electrons. The number of nitrogens with zero attached hydrogens (tertiary/aromatic N) is 2. The fourth-order valence-corrected chi connectivity index (χ4v) is 2.90. The summed E-state index contributed by atoms with van der Waals surface area (Å²) in [7, 11) is 0. The van der Waals surface area contributed by atoms with Gasteiger partial charge in [-0.2, -0.15) is 0 Å². The van der Waals surface area contributed by atoms with Crippen LogP contribution < -0.4 is 5.32 Å². The van der Waals surface area contributed by atoms with Crippen LogP contribution in [0.15, 0.2) is 34.7 Å². The number of anilines is 1. The highest BCUT2D eigenvalue weighted by Crippen LogP contribution is 2.33. The predicted molar refractivity (Wildman–Crippen MR) is 86.1 cm³/mol. The number of benzene rings is 1. The fourth-order valence-electron chi connectivity index (χ4n) is 2.00. The Morgan fingerprint density at radius 2 is 2.04 bits per heavy atom. The molecule has 0 aliphatic rings. The van der Waals surface area contributed by atoms with Crippen LogP contribution >= 0.6 is 11.3 Å². The van der Waals surface area contributed by atoms with Crippen LogP contribution in [0.1, 0.15) is 28.0 Å². The zero-order valence-electron chi connectivity index (χ0n) is 12.6. The van der Waals surface area contributed by atoms with Crippen LogP contribution in [0.25, 0.3) is 10.8 Å². The molecule has 7 heteroatoms. The van der Waals surface area contributed by atoms with Crippen molar-refractivity contribution >= 4 is 22.9 Å². The topological polar surface area (TPSA) is 68.0 Å². The van der Waals surface area contributed by atoms with Crippen molar-refractivity contribution in [1.29, 1.82) is 0 Å². The number of hydrogen-bond donors (Lipinski definition) is 1. The fraction of sp³-hybridized carbons (Fsp3) is 0.188. The van der Waals surface area contributed by atoms with Crippen LogP contribution in [0.3, 0.4) is 0 Å². The Morgan fingerprint density at radius 1 is 1.30 bits per heavy atom. The molecule has 1 aromatic carbocycles. The van der Waals surface area contributed by atoms with Crippen LogP contribution in [0.4, 0.5) is 10.1 Å². The lowest BCUT2D eigenvalue weighted by Crippen LogP contribution is -2.11. The SMILES string of the molecule is CCc1nnc(-c2cc(NC(=O)c3ccc(F)cc3)c(C)s2)o1. The molecule has 0 aliphatic carbocycles. The summed E-state index contributed by atoms with van der Waals surface area (Å²) in [6.07, 6.45) is 0.672. The van der Waals surface area contributed by atoms with E-state index in [1.54, 1.807) is 6.07 Å². The number of nitrogens with one attached hydrogen (secondary N) is 1. The van der Waals surface area contributed by atoms with Gasteiger partial charge < -0.3 is 9.73 Å². The van der Waals surface area contributed by atoms with Gasteiger partial charge in [-0.25, -0.2) is 4.39 Å². The van der Waals surface area contributed by atoms with Gasteiger partial charge in [0.1, 0.15) is 5.82 Å². The number of aromatic nitrogens is 2. The summed E-state index contributed by atoms with van der Waals surface area (Å²) in [5.74, 6) is 0.344. The largest absolute Gasteiger partial charge is 0.420 e. The Hall–Kier alpha value is -2.54.